The molecule has 84 valence electrons. The third kappa shape index (κ3) is 2.10. The molecule has 0 saturated heterocycles. The lowest BCUT2D eigenvalue weighted by Crippen LogP contribution is -2.40. The zero-order valence-electron chi connectivity index (χ0n) is 9.23. The first-order chi connectivity index (χ1) is 7.72. The van der Waals surface area contributed by atoms with E-state index in [9.17, 15) is 0 Å². The molecule has 16 heavy (non-hydrogen) atoms. The summed E-state index contributed by atoms with van der Waals surface area (Å²) in [6, 6.07) is 7.77. The van der Waals surface area contributed by atoms with Crippen LogP contribution in [-0.4, -0.2) is 19.3 Å². The van der Waals surface area contributed by atoms with Gasteiger partial charge in [0.25, 0.3) is 0 Å². The normalized spacial score (nSPS) is 23.2. The number of nitrogens with two attached hydrogens (primary N) is 1. The smallest absolute Gasteiger partial charge is 0.0992 e. The third-order valence-corrected chi connectivity index (χ3v) is 2.97. The number of nitrogen functional groups attached to an aromatic ring is 1. The lowest BCUT2D eigenvalue weighted by molar-refractivity contribution is 0.0329. The monoisotopic (exact) mass is 217 g/mol. The first-order valence-electron chi connectivity index (χ1n) is 5.32. The predicted molar refractivity (Wildman–Crippen MR) is 63.0 cm³/mol. The summed E-state index contributed by atoms with van der Waals surface area (Å²) in [7, 11) is 1.73. The first-order valence-corrected chi connectivity index (χ1v) is 5.32. The second kappa shape index (κ2) is 4.42. The third-order valence-electron chi connectivity index (χ3n) is 2.97. The summed E-state index contributed by atoms with van der Waals surface area (Å²) in [6.45, 7) is 0. The fourth-order valence-electron chi connectivity index (χ4n) is 1.85. The van der Waals surface area contributed by atoms with E-state index >= 15 is 0 Å². The van der Waals surface area contributed by atoms with Crippen molar-refractivity contribution < 1.29 is 4.74 Å². The summed E-state index contributed by atoms with van der Waals surface area (Å²) in [5.74, 6) is 0. The van der Waals surface area contributed by atoms with Crippen LogP contribution < -0.4 is 11.1 Å². The molecular weight excluding hydrogens is 202 g/mol. The molecule has 0 bridgehead atoms. The predicted octanol–water partition coefficient (Wildman–Crippen LogP) is 1.73. The summed E-state index contributed by atoms with van der Waals surface area (Å²) < 4.78 is 5.21. The lowest BCUT2D eigenvalue weighted by Gasteiger charge is -2.35. The van der Waals surface area contributed by atoms with Gasteiger partial charge in [-0.1, -0.05) is 0 Å². The quantitative estimate of drug-likeness (QED) is 0.756. The second-order valence-electron chi connectivity index (χ2n) is 4.08. The minimum atomic E-state index is 0.359. The standard InChI is InChI=1S/C12H15N3O/c1-16-10-5-9(6-10)15-12-4-8(7-13)2-3-11(12)14/h2-4,9-10,15H,5-6,14H2,1H3. The Morgan fingerprint density at radius 3 is 2.88 bits per heavy atom. The Balaban J connectivity index is 2.02. The molecule has 0 atom stereocenters. The van der Waals surface area contributed by atoms with E-state index in [0.717, 1.165) is 18.5 Å². The van der Waals surface area contributed by atoms with E-state index < -0.39 is 0 Å². The molecule has 0 aromatic heterocycles. The number of hydrogen-bond donors (Lipinski definition) is 2. The molecule has 1 aliphatic carbocycles. The Labute approximate surface area is 95.0 Å². The minimum Gasteiger partial charge on any atom is -0.397 e. The van der Waals surface area contributed by atoms with Crippen molar-refractivity contribution in [1.82, 2.24) is 0 Å². The Morgan fingerprint density at radius 1 is 1.50 bits per heavy atom. The number of nitriles is 1. The maximum atomic E-state index is 8.80. The van der Waals surface area contributed by atoms with Crippen molar-refractivity contribution in [1.29, 1.82) is 5.26 Å². The van der Waals surface area contributed by atoms with Crippen LogP contribution in [-0.2, 0) is 4.74 Å². The van der Waals surface area contributed by atoms with Crippen LogP contribution in [0.25, 0.3) is 0 Å². The molecule has 0 amide bonds. The fourth-order valence-corrected chi connectivity index (χ4v) is 1.85. The van der Waals surface area contributed by atoms with Gasteiger partial charge >= 0.3 is 0 Å². The van der Waals surface area contributed by atoms with Crippen LogP contribution in [0.4, 0.5) is 11.4 Å². The molecule has 3 N–H and O–H groups in total. The summed E-state index contributed by atoms with van der Waals surface area (Å²) in [5.41, 5.74) is 7.99. The molecular formula is C12H15N3O. The second-order valence-corrected chi connectivity index (χ2v) is 4.08. The summed E-state index contributed by atoms with van der Waals surface area (Å²) >= 11 is 0. The van der Waals surface area contributed by atoms with Gasteiger partial charge in [0.2, 0.25) is 0 Å². The topological polar surface area (TPSA) is 71.1 Å². The Bertz CT molecular complexity index is 419. The van der Waals surface area contributed by atoms with E-state index in [1.165, 1.54) is 0 Å². The largest absolute Gasteiger partial charge is 0.397 e. The summed E-state index contributed by atoms with van der Waals surface area (Å²) in [4.78, 5) is 0. The zero-order chi connectivity index (χ0) is 11.5. The molecule has 0 radical (unpaired) electrons. The number of rotatable bonds is 3. The lowest BCUT2D eigenvalue weighted by atomic mass is 9.89. The average Bonchev–Trinajstić information content (AvgIpc) is 2.25. The van der Waals surface area contributed by atoms with Crippen LogP contribution in [0.15, 0.2) is 18.2 Å². The highest BCUT2D eigenvalue weighted by atomic mass is 16.5. The molecule has 4 nitrogen and oxygen atoms in total. The van der Waals surface area contributed by atoms with Gasteiger partial charge in [0.15, 0.2) is 0 Å². The Hall–Kier alpha value is -1.73. The SMILES string of the molecule is COC1CC(Nc2cc(C#N)ccc2N)C1. The Kier molecular flexibility index (Phi) is 2.97. The van der Waals surface area contributed by atoms with Crippen LogP contribution in [0.3, 0.4) is 0 Å². The number of ether oxygens (including phenoxy) is 1. The molecule has 4 heteroatoms. The van der Waals surface area contributed by atoms with E-state index in [0.29, 0.717) is 23.4 Å². The van der Waals surface area contributed by atoms with Gasteiger partial charge in [-0.15, -0.1) is 0 Å². The molecule has 0 aliphatic heterocycles. The maximum Gasteiger partial charge on any atom is 0.0992 e. The van der Waals surface area contributed by atoms with Crippen molar-refractivity contribution in [2.24, 2.45) is 0 Å². The zero-order valence-corrected chi connectivity index (χ0v) is 9.23. The van der Waals surface area contributed by atoms with Gasteiger partial charge in [-0.3, -0.25) is 0 Å². The van der Waals surface area contributed by atoms with Crippen molar-refractivity contribution in [3.05, 3.63) is 23.8 Å². The number of anilines is 2. The van der Waals surface area contributed by atoms with Crippen LogP contribution in [0, 0.1) is 11.3 Å². The van der Waals surface area contributed by atoms with E-state index in [1.54, 1.807) is 25.3 Å². The molecule has 1 fully saturated rings. The van der Waals surface area contributed by atoms with Crippen molar-refractivity contribution in [3.8, 4) is 6.07 Å². The molecule has 1 aromatic carbocycles. The van der Waals surface area contributed by atoms with Gasteiger partial charge in [-0.2, -0.15) is 5.26 Å². The molecule has 1 aromatic rings. The van der Waals surface area contributed by atoms with Crippen molar-refractivity contribution in [2.45, 2.75) is 25.0 Å². The van der Waals surface area contributed by atoms with E-state index in [-0.39, 0.29) is 0 Å². The number of hydrogen-bond acceptors (Lipinski definition) is 4. The van der Waals surface area contributed by atoms with E-state index in [4.69, 9.17) is 15.7 Å². The van der Waals surface area contributed by atoms with Crippen LogP contribution in [0.2, 0.25) is 0 Å². The molecule has 0 unspecified atom stereocenters. The molecule has 0 spiro atoms. The summed E-state index contributed by atoms with van der Waals surface area (Å²) in [6.07, 6.45) is 2.34. The first kappa shape index (κ1) is 10.8. The van der Waals surface area contributed by atoms with Crippen molar-refractivity contribution in [3.63, 3.8) is 0 Å². The van der Waals surface area contributed by atoms with Gasteiger partial charge in [-0.25, -0.2) is 0 Å². The highest BCUT2D eigenvalue weighted by Crippen LogP contribution is 2.29. The number of nitrogens with one attached hydrogen (secondary N) is 1. The summed E-state index contributed by atoms with van der Waals surface area (Å²) in [5, 5.41) is 12.1. The molecule has 0 heterocycles. The van der Waals surface area contributed by atoms with Crippen LogP contribution in [0.5, 0.6) is 0 Å². The molecule has 1 saturated carbocycles. The van der Waals surface area contributed by atoms with Gasteiger partial charge < -0.3 is 15.8 Å². The van der Waals surface area contributed by atoms with Gasteiger partial charge in [-0.05, 0) is 31.0 Å². The minimum absolute atomic E-state index is 0.359. The average molecular weight is 217 g/mol. The van der Waals surface area contributed by atoms with Gasteiger partial charge in [0, 0.05) is 13.2 Å². The van der Waals surface area contributed by atoms with Crippen LogP contribution in [0.1, 0.15) is 18.4 Å². The number of methoxy groups -OCH3 is 1. The maximum absolute atomic E-state index is 8.80. The molecule has 1 aliphatic rings. The number of nitrogens with zero attached hydrogens (tertiary/aromatic N) is 1. The van der Waals surface area contributed by atoms with E-state index in [1.807, 2.05) is 0 Å². The van der Waals surface area contributed by atoms with Gasteiger partial charge in [0.05, 0.1) is 29.1 Å². The van der Waals surface area contributed by atoms with E-state index in [2.05, 4.69) is 11.4 Å². The fraction of sp³-hybridized carbons (Fsp3) is 0.417. The van der Waals surface area contributed by atoms with Crippen molar-refractivity contribution >= 4 is 11.4 Å². The molecule has 2 rings (SSSR count). The Morgan fingerprint density at radius 2 is 2.25 bits per heavy atom. The highest BCUT2D eigenvalue weighted by Gasteiger charge is 2.29. The number of benzene rings is 1. The van der Waals surface area contributed by atoms with Crippen LogP contribution >= 0.6 is 0 Å². The highest BCUT2D eigenvalue weighted by molar-refractivity contribution is 5.68. The van der Waals surface area contributed by atoms with Gasteiger partial charge in [0.1, 0.15) is 0 Å². The van der Waals surface area contributed by atoms with Crippen molar-refractivity contribution in [2.75, 3.05) is 18.2 Å².